The van der Waals surface area contributed by atoms with Gasteiger partial charge >= 0.3 is 0 Å². The topological polar surface area (TPSA) is 20.2 Å². The number of aliphatic hydroxyl groups excluding tert-OH is 1. The van der Waals surface area contributed by atoms with Gasteiger partial charge in [0.1, 0.15) is 17.7 Å². The summed E-state index contributed by atoms with van der Waals surface area (Å²) in [6.07, 6.45) is -1.08. The van der Waals surface area contributed by atoms with Crippen molar-refractivity contribution in [1.29, 1.82) is 0 Å². The van der Waals surface area contributed by atoms with Crippen molar-refractivity contribution in [1.82, 2.24) is 0 Å². The highest BCUT2D eigenvalue weighted by atomic mass is 79.9. The van der Waals surface area contributed by atoms with Crippen molar-refractivity contribution in [3.8, 4) is 0 Å². The van der Waals surface area contributed by atoms with E-state index in [-0.39, 0.29) is 5.56 Å². The third-order valence-corrected chi connectivity index (χ3v) is 4.36. The van der Waals surface area contributed by atoms with Crippen LogP contribution < -0.4 is 0 Å². The molecular weight excluding hydrogens is 322 g/mol. The lowest BCUT2D eigenvalue weighted by molar-refractivity contribution is 0.214. The number of halogens is 3. The number of thiophene rings is 1. The van der Waals surface area contributed by atoms with Gasteiger partial charge in [0.2, 0.25) is 0 Å². The average molecular weight is 333 g/mol. The maximum atomic E-state index is 13.7. The van der Waals surface area contributed by atoms with Crippen molar-refractivity contribution in [2.75, 3.05) is 0 Å². The van der Waals surface area contributed by atoms with Gasteiger partial charge in [0.25, 0.3) is 0 Å². The first-order chi connectivity index (χ1) is 8.40. The molecule has 0 aliphatic rings. The predicted molar refractivity (Wildman–Crippen MR) is 71.9 cm³/mol. The average Bonchev–Trinajstić information content (AvgIpc) is 2.62. The largest absolute Gasteiger partial charge is 0.384 e. The normalized spacial score (nSPS) is 12.8. The summed E-state index contributed by atoms with van der Waals surface area (Å²) >= 11 is 4.79. The van der Waals surface area contributed by atoms with Crippen LogP contribution in [0.5, 0.6) is 0 Å². The summed E-state index contributed by atoms with van der Waals surface area (Å²) in [7, 11) is 0. The standard InChI is InChI=1S/C13H11BrF2OS/c1-6-3-9(11(16)5-10(6)15)13(17)8-4-12(14)18-7(8)2/h3-5,13,17H,1-2H3. The van der Waals surface area contributed by atoms with E-state index in [0.29, 0.717) is 11.1 Å². The lowest BCUT2D eigenvalue weighted by Crippen LogP contribution is -2.04. The van der Waals surface area contributed by atoms with Crippen molar-refractivity contribution >= 4 is 27.3 Å². The van der Waals surface area contributed by atoms with E-state index in [1.807, 2.05) is 6.92 Å². The third-order valence-electron chi connectivity index (χ3n) is 2.79. The van der Waals surface area contributed by atoms with Gasteiger partial charge in [-0.1, -0.05) is 0 Å². The molecule has 0 aliphatic carbocycles. The zero-order chi connectivity index (χ0) is 13.4. The van der Waals surface area contributed by atoms with Crippen LogP contribution in [0.4, 0.5) is 8.78 Å². The molecule has 1 heterocycles. The zero-order valence-corrected chi connectivity index (χ0v) is 12.2. The molecule has 2 aromatic rings. The molecule has 1 atom stereocenters. The second kappa shape index (κ2) is 5.07. The maximum absolute atomic E-state index is 13.7. The molecule has 0 amide bonds. The van der Waals surface area contributed by atoms with Gasteiger partial charge < -0.3 is 5.11 Å². The van der Waals surface area contributed by atoms with Crippen molar-refractivity contribution < 1.29 is 13.9 Å². The Bertz CT molecular complexity index is 595. The van der Waals surface area contributed by atoms with E-state index in [1.165, 1.54) is 17.4 Å². The summed E-state index contributed by atoms with van der Waals surface area (Å²) in [5.41, 5.74) is 1.05. The van der Waals surface area contributed by atoms with Crippen LogP contribution in [0.25, 0.3) is 0 Å². The molecule has 0 bridgehead atoms. The molecule has 1 unspecified atom stereocenters. The van der Waals surface area contributed by atoms with Crippen LogP contribution in [0.2, 0.25) is 0 Å². The minimum atomic E-state index is -1.08. The van der Waals surface area contributed by atoms with Crippen LogP contribution >= 0.6 is 27.3 Å². The van der Waals surface area contributed by atoms with Gasteiger partial charge in [-0.05, 0) is 53.0 Å². The van der Waals surface area contributed by atoms with Crippen LogP contribution in [-0.2, 0) is 0 Å². The van der Waals surface area contributed by atoms with E-state index in [9.17, 15) is 13.9 Å². The fourth-order valence-corrected chi connectivity index (χ4v) is 3.53. The molecule has 0 fully saturated rings. The number of aryl methyl sites for hydroxylation is 2. The van der Waals surface area contributed by atoms with Crippen LogP contribution in [0.3, 0.4) is 0 Å². The molecule has 1 aromatic carbocycles. The van der Waals surface area contributed by atoms with Crippen LogP contribution in [0, 0.1) is 25.5 Å². The van der Waals surface area contributed by atoms with Crippen molar-refractivity contribution in [2.24, 2.45) is 0 Å². The summed E-state index contributed by atoms with van der Waals surface area (Å²) in [4.78, 5) is 0.899. The van der Waals surface area contributed by atoms with Gasteiger partial charge in [0.15, 0.2) is 0 Å². The lowest BCUT2D eigenvalue weighted by Gasteiger charge is -2.13. The van der Waals surface area contributed by atoms with E-state index >= 15 is 0 Å². The zero-order valence-electron chi connectivity index (χ0n) is 9.80. The summed E-state index contributed by atoms with van der Waals surface area (Å²) in [5.74, 6) is -1.33. The molecule has 0 spiro atoms. The third kappa shape index (κ3) is 2.48. The van der Waals surface area contributed by atoms with Crippen LogP contribution in [0.15, 0.2) is 22.0 Å². The first kappa shape index (κ1) is 13.6. The Morgan fingerprint density at radius 3 is 2.33 bits per heavy atom. The Morgan fingerprint density at radius 1 is 1.11 bits per heavy atom. The molecule has 5 heteroatoms. The molecule has 0 radical (unpaired) electrons. The predicted octanol–water partition coefficient (Wildman–Crippen LogP) is 4.49. The molecule has 18 heavy (non-hydrogen) atoms. The molecule has 96 valence electrons. The first-order valence-electron chi connectivity index (χ1n) is 5.29. The molecule has 1 nitrogen and oxygen atoms in total. The molecule has 1 N–H and O–H groups in total. The molecule has 0 saturated heterocycles. The molecule has 2 rings (SSSR count). The van der Waals surface area contributed by atoms with E-state index in [0.717, 1.165) is 14.7 Å². The van der Waals surface area contributed by atoms with E-state index in [1.54, 1.807) is 13.0 Å². The number of hydrogen-bond donors (Lipinski definition) is 1. The van der Waals surface area contributed by atoms with Crippen molar-refractivity contribution in [2.45, 2.75) is 20.0 Å². The molecule has 0 aliphatic heterocycles. The molecule has 1 aromatic heterocycles. The highest BCUT2D eigenvalue weighted by Gasteiger charge is 2.20. The summed E-state index contributed by atoms with van der Waals surface area (Å²) in [6, 6.07) is 3.91. The van der Waals surface area contributed by atoms with Gasteiger partial charge in [-0.25, -0.2) is 8.78 Å². The van der Waals surface area contributed by atoms with Gasteiger partial charge in [-0.3, -0.25) is 0 Å². The van der Waals surface area contributed by atoms with E-state index in [4.69, 9.17) is 0 Å². The lowest BCUT2D eigenvalue weighted by atomic mass is 10.00. The summed E-state index contributed by atoms with van der Waals surface area (Å²) < 4.78 is 27.7. The van der Waals surface area contributed by atoms with E-state index < -0.39 is 17.7 Å². The quantitative estimate of drug-likeness (QED) is 0.859. The second-order valence-corrected chi connectivity index (χ2v) is 6.72. The van der Waals surface area contributed by atoms with Crippen molar-refractivity contribution in [3.63, 3.8) is 0 Å². The van der Waals surface area contributed by atoms with Gasteiger partial charge in [0.05, 0.1) is 3.79 Å². The highest BCUT2D eigenvalue weighted by Crippen LogP contribution is 2.34. The Hall–Kier alpha value is -0.780. The maximum Gasteiger partial charge on any atom is 0.132 e. The smallest absolute Gasteiger partial charge is 0.132 e. The number of hydrogen-bond acceptors (Lipinski definition) is 2. The molecule has 0 saturated carbocycles. The van der Waals surface area contributed by atoms with Gasteiger partial charge in [-0.2, -0.15) is 0 Å². The van der Waals surface area contributed by atoms with E-state index in [2.05, 4.69) is 15.9 Å². The second-order valence-electron chi connectivity index (χ2n) is 4.09. The minimum absolute atomic E-state index is 0.0994. The monoisotopic (exact) mass is 332 g/mol. The van der Waals surface area contributed by atoms with Crippen LogP contribution in [0.1, 0.15) is 27.7 Å². The number of benzene rings is 1. The Balaban J connectivity index is 2.49. The highest BCUT2D eigenvalue weighted by molar-refractivity contribution is 9.11. The number of aliphatic hydroxyl groups is 1. The number of rotatable bonds is 2. The first-order valence-corrected chi connectivity index (χ1v) is 6.90. The Morgan fingerprint density at radius 2 is 1.78 bits per heavy atom. The molecular formula is C13H11BrF2OS. The fourth-order valence-electron chi connectivity index (χ4n) is 1.79. The Labute approximate surface area is 116 Å². The summed E-state index contributed by atoms with van der Waals surface area (Å²) in [6.45, 7) is 3.39. The van der Waals surface area contributed by atoms with Crippen LogP contribution in [-0.4, -0.2) is 5.11 Å². The van der Waals surface area contributed by atoms with Crippen molar-refractivity contribution in [3.05, 3.63) is 55.2 Å². The van der Waals surface area contributed by atoms with Gasteiger partial charge in [-0.15, -0.1) is 11.3 Å². The SMILES string of the molecule is Cc1cc(C(O)c2cc(Br)sc2C)c(F)cc1F. The summed E-state index contributed by atoms with van der Waals surface area (Å²) in [5, 5.41) is 10.2. The fraction of sp³-hybridized carbons (Fsp3) is 0.231. The minimum Gasteiger partial charge on any atom is -0.384 e. The van der Waals surface area contributed by atoms with Gasteiger partial charge in [0, 0.05) is 16.5 Å². The Kier molecular flexibility index (Phi) is 3.84.